The average Bonchev–Trinajstić information content (AvgIpc) is 2.63. The molecule has 0 radical (unpaired) electrons. The van der Waals surface area contributed by atoms with Gasteiger partial charge in [0.15, 0.2) is 6.10 Å². The average molecular weight is 358 g/mol. The molecule has 0 aromatic heterocycles. The van der Waals surface area contributed by atoms with Gasteiger partial charge in [-0.25, -0.2) is 0 Å². The van der Waals surface area contributed by atoms with Gasteiger partial charge >= 0.3 is 0 Å². The number of nitrogens with zero attached hydrogens (tertiary/aromatic N) is 3. The third-order valence-electron chi connectivity index (χ3n) is 4.91. The summed E-state index contributed by atoms with van der Waals surface area (Å²) >= 11 is 0. The maximum atomic E-state index is 12.4. The molecule has 0 spiro atoms. The monoisotopic (exact) mass is 358 g/mol. The van der Waals surface area contributed by atoms with E-state index in [0.717, 1.165) is 26.2 Å². The molecule has 2 unspecified atom stereocenters. The summed E-state index contributed by atoms with van der Waals surface area (Å²) in [5.41, 5.74) is 0.519. The number of hydrogen-bond donors (Lipinski definition) is 1. The molecule has 6 heteroatoms. The lowest BCUT2D eigenvalue weighted by atomic mass is 10.0. The second-order valence-electron chi connectivity index (χ2n) is 7.30. The number of carbonyl (C=O) groups is 1. The van der Waals surface area contributed by atoms with Crippen molar-refractivity contribution in [2.24, 2.45) is 5.92 Å². The van der Waals surface area contributed by atoms with Gasteiger partial charge in [-0.05, 0) is 38.1 Å². The van der Waals surface area contributed by atoms with E-state index in [1.807, 2.05) is 0 Å². The number of ether oxygens (including phenoxy) is 1. The van der Waals surface area contributed by atoms with E-state index in [2.05, 4.69) is 42.1 Å². The SMILES string of the molecule is CC(Oc1cccc(C#N)c1)C(=O)NCC(C(C)C)N1CCN(C)CC1. The summed E-state index contributed by atoms with van der Waals surface area (Å²) in [7, 11) is 2.14. The molecule has 1 heterocycles. The van der Waals surface area contributed by atoms with Crippen molar-refractivity contribution in [1.82, 2.24) is 15.1 Å². The van der Waals surface area contributed by atoms with E-state index in [9.17, 15) is 4.79 Å². The predicted octanol–water partition coefficient (Wildman–Crippen LogP) is 1.71. The largest absolute Gasteiger partial charge is 0.481 e. The van der Waals surface area contributed by atoms with Crippen LogP contribution in [0.2, 0.25) is 0 Å². The van der Waals surface area contributed by atoms with Crippen LogP contribution in [0.5, 0.6) is 5.75 Å². The van der Waals surface area contributed by atoms with Gasteiger partial charge in [-0.2, -0.15) is 5.26 Å². The van der Waals surface area contributed by atoms with Crippen molar-refractivity contribution in [3.63, 3.8) is 0 Å². The predicted molar refractivity (Wildman–Crippen MR) is 102 cm³/mol. The van der Waals surface area contributed by atoms with Crippen LogP contribution in [0.1, 0.15) is 26.3 Å². The van der Waals surface area contributed by atoms with Crippen molar-refractivity contribution < 1.29 is 9.53 Å². The molecule has 1 amide bonds. The van der Waals surface area contributed by atoms with E-state index in [1.54, 1.807) is 31.2 Å². The van der Waals surface area contributed by atoms with E-state index in [-0.39, 0.29) is 5.91 Å². The minimum Gasteiger partial charge on any atom is -0.481 e. The van der Waals surface area contributed by atoms with E-state index in [1.165, 1.54) is 0 Å². The zero-order valence-electron chi connectivity index (χ0n) is 16.2. The first-order chi connectivity index (χ1) is 12.4. The summed E-state index contributed by atoms with van der Waals surface area (Å²) < 4.78 is 5.69. The summed E-state index contributed by atoms with van der Waals surface area (Å²) in [6, 6.07) is 9.25. The number of amides is 1. The molecule has 2 atom stereocenters. The standard InChI is InChI=1S/C20H30N4O2/c1-15(2)19(24-10-8-23(4)9-11-24)14-22-20(25)16(3)26-18-7-5-6-17(12-18)13-21/h5-7,12,15-16,19H,8-11,14H2,1-4H3,(H,22,25). The van der Waals surface area contributed by atoms with Crippen molar-refractivity contribution in [3.05, 3.63) is 29.8 Å². The van der Waals surface area contributed by atoms with Crippen molar-refractivity contribution in [1.29, 1.82) is 5.26 Å². The molecule has 1 aromatic rings. The fourth-order valence-corrected chi connectivity index (χ4v) is 3.19. The Bertz CT molecular complexity index is 633. The van der Waals surface area contributed by atoms with Crippen LogP contribution in [0.25, 0.3) is 0 Å². The third kappa shape index (κ3) is 5.72. The fraction of sp³-hybridized carbons (Fsp3) is 0.600. The molecule has 1 aromatic carbocycles. The highest BCUT2D eigenvalue weighted by Crippen LogP contribution is 2.15. The molecule has 1 aliphatic heterocycles. The first-order valence-electron chi connectivity index (χ1n) is 9.28. The van der Waals surface area contributed by atoms with Gasteiger partial charge in [0.05, 0.1) is 11.6 Å². The maximum Gasteiger partial charge on any atom is 0.260 e. The normalized spacial score (nSPS) is 18.2. The molecular formula is C20H30N4O2. The fourth-order valence-electron chi connectivity index (χ4n) is 3.19. The van der Waals surface area contributed by atoms with Crippen LogP contribution in [-0.2, 0) is 4.79 Å². The van der Waals surface area contributed by atoms with E-state index >= 15 is 0 Å². The highest BCUT2D eigenvalue weighted by Gasteiger charge is 2.26. The van der Waals surface area contributed by atoms with E-state index in [4.69, 9.17) is 10.00 Å². The highest BCUT2D eigenvalue weighted by molar-refractivity contribution is 5.80. The molecule has 142 valence electrons. The van der Waals surface area contributed by atoms with Gasteiger partial charge in [-0.1, -0.05) is 19.9 Å². The van der Waals surface area contributed by atoms with Crippen LogP contribution in [-0.4, -0.2) is 67.6 Å². The molecule has 0 aliphatic carbocycles. The van der Waals surface area contributed by atoms with Gasteiger partial charge in [0.1, 0.15) is 5.75 Å². The second kappa shape index (κ2) is 9.56. The molecular weight excluding hydrogens is 328 g/mol. The zero-order chi connectivity index (χ0) is 19.1. The molecule has 1 fully saturated rings. The van der Waals surface area contributed by atoms with Gasteiger partial charge < -0.3 is 15.0 Å². The molecule has 1 saturated heterocycles. The second-order valence-corrected chi connectivity index (χ2v) is 7.30. The van der Waals surface area contributed by atoms with Crippen LogP contribution < -0.4 is 10.1 Å². The minimum absolute atomic E-state index is 0.132. The van der Waals surface area contributed by atoms with Crippen LogP contribution >= 0.6 is 0 Å². The van der Waals surface area contributed by atoms with Crippen LogP contribution in [0, 0.1) is 17.2 Å². The number of nitrogens with one attached hydrogen (secondary N) is 1. The number of piperazine rings is 1. The minimum atomic E-state index is -0.607. The van der Waals surface area contributed by atoms with Gasteiger partial charge in [-0.3, -0.25) is 9.69 Å². The van der Waals surface area contributed by atoms with Gasteiger partial charge in [0.2, 0.25) is 0 Å². The molecule has 1 aliphatic rings. The Balaban J connectivity index is 1.87. The molecule has 0 saturated carbocycles. The number of carbonyl (C=O) groups excluding carboxylic acids is 1. The lowest BCUT2D eigenvalue weighted by Gasteiger charge is -2.40. The molecule has 26 heavy (non-hydrogen) atoms. The molecule has 2 rings (SSSR count). The van der Waals surface area contributed by atoms with Crippen LogP contribution in [0.3, 0.4) is 0 Å². The quantitative estimate of drug-likeness (QED) is 0.804. The number of nitriles is 1. The Hall–Kier alpha value is -2.10. The van der Waals surface area contributed by atoms with Crippen molar-refractivity contribution in [3.8, 4) is 11.8 Å². The van der Waals surface area contributed by atoms with Gasteiger partial charge in [0, 0.05) is 38.8 Å². The molecule has 6 nitrogen and oxygen atoms in total. The topological polar surface area (TPSA) is 68.6 Å². The Labute approximate surface area is 156 Å². The summed E-state index contributed by atoms with van der Waals surface area (Å²) in [5, 5.41) is 12.0. The lowest BCUT2D eigenvalue weighted by molar-refractivity contribution is -0.127. The number of benzene rings is 1. The van der Waals surface area contributed by atoms with Gasteiger partial charge in [-0.15, -0.1) is 0 Å². The van der Waals surface area contributed by atoms with Crippen molar-refractivity contribution >= 4 is 5.91 Å². The Morgan fingerprint density at radius 1 is 1.27 bits per heavy atom. The van der Waals surface area contributed by atoms with Crippen LogP contribution in [0.15, 0.2) is 24.3 Å². The summed E-state index contributed by atoms with van der Waals surface area (Å²) in [6.07, 6.45) is -0.607. The maximum absolute atomic E-state index is 12.4. The zero-order valence-corrected chi connectivity index (χ0v) is 16.2. The first-order valence-corrected chi connectivity index (χ1v) is 9.28. The lowest BCUT2D eigenvalue weighted by Crippen LogP contribution is -2.54. The van der Waals surface area contributed by atoms with Crippen molar-refractivity contribution in [2.75, 3.05) is 39.8 Å². The summed E-state index contributed by atoms with van der Waals surface area (Å²) in [6.45, 7) is 10.9. The van der Waals surface area contributed by atoms with E-state index < -0.39 is 6.10 Å². The Kier molecular flexibility index (Phi) is 7.43. The van der Waals surface area contributed by atoms with E-state index in [0.29, 0.717) is 29.8 Å². The smallest absolute Gasteiger partial charge is 0.260 e. The number of rotatable bonds is 7. The summed E-state index contributed by atoms with van der Waals surface area (Å²) in [4.78, 5) is 17.2. The number of likely N-dealkylation sites (N-methyl/N-ethyl adjacent to an activating group) is 1. The van der Waals surface area contributed by atoms with Crippen LogP contribution in [0.4, 0.5) is 0 Å². The first kappa shape index (κ1) is 20.2. The van der Waals surface area contributed by atoms with Crippen molar-refractivity contribution in [2.45, 2.75) is 32.9 Å². The third-order valence-corrected chi connectivity index (χ3v) is 4.91. The Morgan fingerprint density at radius 2 is 1.96 bits per heavy atom. The Morgan fingerprint density at radius 3 is 2.58 bits per heavy atom. The molecule has 0 bridgehead atoms. The summed E-state index contributed by atoms with van der Waals surface area (Å²) in [5.74, 6) is 0.862. The highest BCUT2D eigenvalue weighted by atomic mass is 16.5. The van der Waals surface area contributed by atoms with Gasteiger partial charge in [0.25, 0.3) is 5.91 Å². The number of hydrogen-bond acceptors (Lipinski definition) is 5. The molecule has 1 N–H and O–H groups in total.